The van der Waals surface area contributed by atoms with Gasteiger partial charge in [-0.05, 0) is 30.4 Å². The molecule has 1 amide bonds. The molecule has 1 aliphatic rings. The second-order valence-corrected chi connectivity index (χ2v) is 6.64. The van der Waals surface area contributed by atoms with E-state index in [-0.39, 0.29) is 5.91 Å². The van der Waals surface area contributed by atoms with Gasteiger partial charge in [-0.2, -0.15) is 0 Å². The Hall–Kier alpha value is -1.36. The summed E-state index contributed by atoms with van der Waals surface area (Å²) in [5.41, 5.74) is -0.181. The molecule has 3 rings (SSSR count). The number of hydrogen-bond donors (Lipinski definition) is 1. The summed E-state index contributed by atoms with van der Waals surface area (Å²) < 4.78 is 0. The van der Waals surface area contributed by atoms with E-state index in [4.69, 9.17) is 11.6 Å². The number of likely N-dealkylation sites (tertiary alicyclic amines) is 1. The zero-order valence-electron chi connectivity index (χ0n) is 11.5. The van der Waals surface area contributed by atoms with Gasteiger partial charge in [0.05, 0.1) is 10.5 Å². The molecule has 0 bridgehead atoms. The number of carbonyl (C=O) groups excluding carboxylic acids is 1. The average Bonchev–Trinajstić information content (AvgIpc) is 3.02. The lowest BCUT2D eigenvalue weighted by Crippen LogP contribution is -2.45. The molecule has 1 aromatic heterocycles. The molecule has 0 atom stereocenters. The van der Waals surface area contributed by atoms with E-state index in [1.165, 1.54) is 11.3 Å². The minimum Gasteiger partial charge on any atom is -0.385 e. The van der Waals surface area contributed by atoms with Gasteiger partial charge in [0, 0.05) is 23.7 Å². The number of carbonyl (C=O) groups is 1. The highest BCUT2D eigenvalue weighted by molar-refractivity contribution is 7.12. The van der Waals surface area contributed by atoms with Gasteiger partial charge in [-0.3, -0.25) is 4.79 Å². The molecule has 5 heteroatoms. The predicted molar refractivity (Wildman–Crippen MR) is 84.8 cm³/mol. The van der Waals surface area contributed by atoms with E-state index >= 15 is 0 Å². The van der Waals surface area contributed by atoms with Crippen LogP contribution in [0.2, 0.25) is 5.02 Å². The molecule has 2 aromatic rings. The van der Waals surface area contributed by atoms with Crippen LogP contribution in [0.1, 0.15) is 28.1 Å². The smallest absolute Gasteiger partial charge is 0.263 e. The molecule has 0 radical (unpaired) electrons. The first-order valence-corrected chi connectivity index (χ1v) is 8.16. The summed E-state index contributed by atoms with van der Waals surface area (Å²) in [4.78, 5) is 14.9. The van der Waals surface area contributed by atoms with Crippen molar-refractivity contribution < 1.29 is 9.90 Å². The third kappa shape index (κ3) is 2.84. The van der Waals surface area contributed by atoms with Gasteiger partial charge >= 0.3 is 0 Å². The van der Waals surface area contributed by atoms with Crippen LogP contribution in [0, 0.1) is 0 Å². The SMILES string of the molecule is O=C(c1cccs1)N1CCC(O)(c2ccccc2Cl)CC1. The van der Waals surface area contributed by atoms with Crippen molar-refractivity contribution in [3.8, 4) is 0 Å². The first-order valence-electron chi connectivity index (χ1n) is 6.90. The van der Waals surface area contributed by atoms with Crippen molar-refractivity contribution in [2.75, 3.05) is 13.1 Å². The standard InChI is InChI=1S/C16H16ClNO2S/c17-13-5-2-1-4-12(13)16(20)7-9-18(10-8-16)15(19)14-6-3-11-21-14/h1-6,11,20H,7-10H2. The van der Waals surface area contributed by atoms with Gasteiger partial charge in [0.1, 0.15) is 0 Å². The Morgan fingerprint density at radius 3 is 2.52 bits per heavy atom. The van der Waals surface area contributed by atoms with Crippen LogP contribution in [0.3, 0.4) is 0 Å². The maximum Gasteiger partial charge on any atom is 0.263 e. The molecular weight excluding hydrogens is 306 g/mol. The Morgan fingerprint density at radius 1 is 1.19 bits per heavy atom. The Balaban J connectivity index is 1.73. The third-order valence-corrected chi connectivity index (χ3v) is 5.17. The van der Waals surface area contributed by atoms with Crippen LogP contribution in [-0.4, -0.2) is 29.0 Å². The normalized spacial score (nSPS) is 17.7. The molecule has 1 aliphatic heterocycles. The Morgan fingerprint density at radius 2 is 1.90 bits per heavy atom. The van der Waals surface area contributed by atoms with Gasteiger partial charge in [0.2, 0.25) is 0 Å². The van der Waals surface area contributed by atoms with E-state index in [9.17, 15) is 9.90 Å². The highest BCUT2D eigenvalue weighted by atomic mass is 35.5. The van der Waals surface area contributed by atoms with Crippen molar-refractivity contribution in [2.24, 2.45) is 0 Å². The second kappa shape index (κ2) is 5.79. The molecule has 2 heterocycles. The Labute approximate surface area is 132 Å². The first kappa shape index (κ1) is 14.6. The van der Waals surface area contributed by atoms with Gasteiger partial charge in [0.15, 0.2) is 0 Å². The maximum absolute atomic E-state index is 12.3. The quantitative estimate of drug-likeness (QED) is 0.919. The molecule has 0 saturated carbocycles. The summed E-state index contributed by atoms with van der Waals surface area (Å²) in [6, 6.07) is 11.1. The monoisotopic (exact) mass is 321 g/mol. The van der Waals surface area contributed by atoms with Gasteiger partial charge in [-0.15, -0.1) is 11.3 Å². The molecule has 1 saturated heterocycles. The molecule has 1 N–H and O–H groups in total. The molecule has 1 fully saturated rings. The number of piperidine rings is 1. The summed E-state index contributed by atoms with van der Waals surface area (Å²) in [6.45, 7) is 1.08. The highest BCUT2D eigenvalue weighted by Crippen LogP contribution is 2.37. The van der Waals surface area contributed by atoms with E-state index in [2.05, 4.69) is 0 Å². The number of aliphatic hydroxyl groups is 1. The summed E-state index contributed by atoms with van der Waals surface area (Å²) in [5, 5.41) is 13.3. The van der Waals surface area contributed by atoms with Crippen molar-refractivity contribution in [2.45, 2.75) is 18.4 Å². The fraction of sp³-hybridized carbons (Fsp3) is 0.312. The maximum atomic E-state index is 12.3. The van der Waals surface area contributed by atoms with Crippen LogP contribution in [-0.2, 0) is 5.60 Å². The minimum absolute atomic E-state index is 0.0474. The minimum atomic E-state index is -0.940. The number of hydrogen-bond acceptors (Lipinski definition) is 3. The number of halogens is 1. The first-order chi connectivity index (χ1) is 10.1. The Kier molecular flexibility index (Phi) is 4.02. The summed E-state index contributed by atoms with van der Waals surface area (Å²) in [6.07, 6.45) is 1.02. The number of benzene rings is 1. The van der Waals surface area contributed by atoms with Gasteiger partial charge in [-0.1, -0.05) is 35.9 Å². The summed E-state index contributed by atoms with van der Waals surface area (Å²) in [7, 11) is 0. The van der Waals surface area contributed by atoms with Crippen molar-refractivity contribution in [1.82, 2.24) is 4.90 Å². The van der Waals surface area contributed by atoms with Gasteiger partial charge < -0.3 is 10.0 Å². The van der Waals surface area contributed by atoms with Crippen LogP contribution in [0.15, 0.2) is 41.8 Å². The van der Waals surface area contributed by atoms with E-state index in [1.807, 2.05) is 35.7 Å². The fourth-order valence-corrected chi connectivity index (χ4v) is 3.75. The van der Waals surface area contributed by atoms with E-state index in [0.717, 1.165) is 10.4 Å². The topological polar surface area (TPSA) is 40.5 Å². The molecule has 3 nitrogen and oxygen atoms in total. The third-order valence-electron chi connectivity index (χ3n) is 3.98. The van der Waals surface area contributed by atoms with E-state index < -0.39 is 5.60 Å². The zero-order chi connectivity index (χ0) is 14.9. The Bertz CT molecular complexity index is 633. The number of nitrogens with zero attached hydrogens (tertiary/aromatic N) is 1. The predicted octanol–water partition coefficient (Wildman–Crippen LogP) is 3.53. The second-order valence-electron chi connectivity index (χ2n) is 5.28. The van der Waals surface area contributed by atoms with Gasteiger partial charge in [-0.25, -0.2) is 0 Å². The number of rotatable bonds is 2. The van der Waals surface area contributed by atoms with Crippen molar-refractivity contribution >= 4 is 28.8 Å². The van der Waals surface area contributed by atoms with Crippen molar-refractivity contribution in [3.05, 3.63) is 57.2 Å². The van der Waals surface area contributed by atoms with Crippen molar-refractivity contribution in [1.29, 1.82) is 0 Å². The average molecular weight is 322 g/mol. The zero-order valence-corrected chi connectivity index (χ0v) is 13.0. The largest absolute Gasteiger partial charge is 0.385 e. The van der Waals surface area contributed by atoms with E-state index in [0.29, 0.717) is 31.0 Å². The van der Waals surface area contributed by atoms with Crippen LogP contribution in [0.4, 0.5) is 0 Å². The van der Waals surface area contributed by atoms with Crippen LogP contribution >= 0.6 is 22.9 Å². The molecular formula is C16H16ClNO2S. The molecule has 0 unspecified atom stereocenters. The number of thiophene rings is 1. The van der Waals surface area contributed by atoms with Crippen LogP contribution in [0.5, 0.6) is 0 Å². The molecule has 0 spiro atoms. The van der Waals surface area contributed by atoms with Gasteiger partial charge in [0.25, 0.3) is 5.91 Å². The number of amides is 1. The summed E-state index contributed by atoms with van der Waals surface area (Å²) >= 11 is 7.64. The molecule has 0 aliphatic carbocycles. The van der Waals surface area contributed by atoms with Crippen LogP contribution in [0.25, 0.3) is 0 Å². The lowest BCUT2D eigenvalue weighted by atomic mass is 9.84. The highest BCUT2D eigenvalue weighted by Gasteiger charge is 2.36. The van der Waals surface area contributed by atoms with E-state index in [1.54, 1.807) is 11.0 Å². The lowest BCUT2D eigenvalue weighted by molar-refractivity contribution is -0.0209. The molecule has 1 aromatic carbocycles. The van der Waals surface area contributed by atoms with Crippen molar-refractivity contribution in [3.63, 3.8) is 0 Å². The lowest BCUT2D eigenvalue weighted by Gasteiger charge is -2.38. The summed E-state index contributed by atoms with van der Waals surface area (Å²) in [5.74, 6) is 0.0474. The molecule has 110 valence electrons. The van der Waals surface area contributed by atoms with Crippen LogP contribution < -0.4 is 0 Å². The fourth-order valence-electron chi connectivity index (χ4n) is 2.74. The molecule has 21 heavy (non-hydrogen) atoms.